The number of aliphatic hydroxyl groups is 1. The number of carbonyl (C=O) groups excluding carboxylic acids is 1. The summed E-state index contributed by atoms with van der Waals surface area (Å²) in [6.45, 7) is 3.88. The normalized spacial score (nSPS) is 35.3. The summed E-state index contributed by atoms with van der Waals surface area (Å²) < 4.78 is 5.84. The molecule has 5 heteroatoms. The van der Waals surface area contributed by atoms with Gasteiger partial charge in [-0.05, 0) is 25.2 Å². The average molecular weight is 270 g/mol. The molecule has 1 saturated carbocycles. The molecule has 2 aliphatic rings. The maximum Gasteiger partial charge on any atom is 0.237 e. The van der Waals surface area contributed by atoms with Gasteiger partial charge in [-0.1, -0.05) is 19.8 Å². The van der Waals surface area contributed by atoms with Gasteiger partial charge in [-0.15, -0.1) is 0 Å². The predicted octanol–water partition coefficient (Wildman–Crippen LogP) is 0.421. The van der Waals surface area contributed by atoms with Crippen molar-refractivity contribution in [3.8, 4) is 0 Å². The predicted molar refractivity (Wildman–Crippen MR) is 72.8 cm³/mol. The Morgan fingerprint density at radius 3 is 2.89 bits per heavy atom. The van der Waals surface area contributed by atoms with Crippen LogP contribution in [0.3, 0.4) is 0 Å². The highest BCUT2D eigenvalue weighted by Gasteiger charge is 2.27. The molecule has 1 amide bonds. The number of rotatable bonds is 5. The van der Waals surface area contributed by atoms with Crippen molar-refractivity contribution in [2.45, 2.75) is 57.3 Å². The van der Waals surface area contributed by atoms with Crippen molar-refractivity contribution >= 4 is 5.91 Å². The largest absolute Gasteiger partial charge is 0.392 e. The van der Waals surface area contributed by atoms with Crippen LogP contribution in [0.2, 0.25) is 0 Å². The summed E-state index contributed by atoms with van der Waals surface area (Å²) in [6, 6.07) is -0.247. The Morgan fingerprint density at radius 2 is 2.21 bits per heavy atom. The van der Waals surface area contributed by atoms with E-state index < -0.39 is 6.10 Å². The van der Waals surface area contributed by atoms with Gasteiger partial charge < -0.3 is 20.5 Å². The second-order valence-corrected chi connectivity index (χ2v) is 5.81. The molecule has 0 unspecified atom stereocenters. The van der Waals surface area contributed by atoms with Crippen LogP contribution in [0.1, 0.15) is 39.0 Å². The van der Waals surface area contributed by atoms with Crippen LogP contribution < -0.4 is 10.6 Å². The Hall–Kier alpha value is -0.650. The van der Waals surface area contributed by atoms with Crippen molar-refractivity contribution in [1.29, 1.82) is 0 Å². The maximum absolute atomic E-state index is 11.8. The van der Waals surface area contributed by atoms with E-state index in [-0.39, 0.29) is 11.9 Å². The molecule has 2 rings (SSSR count). The Kier molecular flexibility index (Phi) is 5.60. The maximum atomic E-state index is 11.8. The number of carbonyl (C=O) groups is 1. The standard InChI is InChI=1S/C14H26N2O3/c1-10-4-2-3-5-13(10)19-7-6-15-14(18)12-8-11(17)9-16-12/h10-13,16-17H,2-9H2,1H3,(H,15,18)/t10-,11-,12-,13+/m1/s1. The van der Waals surface area contributed by atoms with Crippen molar-refractivity contribution < 1.29 is 14.6 Å². The minimum Gasteiger partial charge on any atom is -0.392 e. The molecule has 1 aliphatic carbocycles. The van der Waals surface area contributed by atoms with Crippen LogP contribution in [-0.4, -0.2) is 49.0 Å². The first-order valence-electron chi connectivity index (χ1n) is 7.47. The first-order chi connectivity index (χ1) is 9.16. The minimum atomic E-state index is -0.393. The Labute approximate surface area is 115 Å². The molecule has 4 atom stereocenters. The summed E-state index contributed by atoms with van der Waals surface area (Å²) in [7, 11) is 0. The third-order valence-corrected chi connectivity index (χ3v) is 4.19. The smallest absolute Gasteiger partial charge is 0.237 e. The van der Waals surface area contributed by atoms with E-state index >= 15 is 0 Å². The molecule has 0 aromatic heterocycles. The number of β-amino-alcohol motifs (C(OH)–C–C–N with tert-alkyl or cyclic N) is 1. The number of hydrogen-bond donors (Lipinski definition) is 3. The average Bonchev–Trinajstić information content (AvgIpc) is 2.83. The molecule has 0 bridgehead atoms. The quantitative estimate of drug-likeness (QED) is 0.633. The zero-order valence-electron chi connectivity index (χ0n) is 11.7. The lowest BCUT2D eigenvalue weighted by Crippen LogP contribution is -2.42. The van der Waals surface area contributed by atoms with E-state index in [0.29, 0.717) is 38.1 Å². The van der Waals surface area contributed by atoms with Crippen molar-refractivity contribution in [3.63, 3.8) is 0 Å². The van der Waals surface area contributed by atoms with Crippen LogP contribution in [0, 0.1) is 5.92 Å². The fourth-order valence-corrected chi connectivity index (χ4v) is 2.95. The van der Waals surface area contributed by atoms with E-state index in [4.69, 9.17) is 4.74 Å². The SMILES string of the molecule is C[C@@H]1CCCC[C@@H]1OCCNC(=O)[C@H]1C[C@@H](O)CN1. The van der Waals surface area contributed by atoms with Crippen LogP contribution in [-0.2, 0) is 9.53 Å². The fraction of sp³-hybridized carbons (Fsp3) is 0.929. The molecule has 110 valence electrons. The number of amides is 1. The molecule has 1 heterocycles. The summed E-state index contributed by atoms with van der Waals surface area (Å²) in [5, 5.41) is 15.2. The highest BCUT2D eigenvalue weighted by atomic mass is 16.5. The lowest BCUT2D eigenvalue weighted by atomic mass is 9.88. The molecule has 1 aliphatic heterocycles. The second-order valence-electron chi connectivity index (χ2n) is 5.81. The molecular weight excluding hydrogens is 244 g/mol. The first-order valence-corrected chi connectivity index (χ1v) is 7.47. The third kappa shape index (κ3) is 4.44. The van der Waals surface area contributed by atoms with E-state index in [1.54, 1.807) is 0 Å². The van der Waals surface area contributed by atoms with Gasteiger partial charge >= 0.3 is 0 Å². The fourth-order valence-electron chi connectivity index (χ4n) is 2.95. The van der Waals surface area contributed by atoms with Crippen molar-refractivity contribution in [1.82, 2.24) is 10.6 Å². The molecule has 3 N–H and O–H groups in total. The monoisotopic (exact) mass is 270 g/mol. The van der Waals surface area contributed by atoms with Crippen LogP contribution in [0.25, 0.3) is 0 Å². The van der Waals surface area contributed by atoms with Crippen molar-refractivity contribution in [2.75, 3.05) is 19.7 Å². The Bertz CT molecular complexity index is 298. The van der Waals surface area contributed by atoms with E-state index in [1.807, 2.05) is 0 Å². The summed E-state index contributed by atoms with van der Waals surface area (Å²) in [5.74, 6) is 0.605. The van der Waals surface area contributed by atoms with Crippen LogP contribution in [0.4, 0.5) is 0 Å². The second kappa shape index (κ2) is 7.22. The molecule has 19 heavy (non-hydrogen) atoms. The Balaban J connectivity index is 1.57. The zero-order valence-corrected chi connectivity index (χ0v) is 11.7. The molecule has 1 saturated heterocycles. The van der Waals surface area contributed by atoms with Crippen LogP contribution >= 0.6 is 0 Å². The molecule has 0 aromatic rings. The molecule has 0 aromatic carbocycles. The molecule has 2 fully saturated rings. The van der Waals surface area contributed by atoms with Gasteiger partial charge in [0.15, 0.2) is 0 Å². The number of hydrogen-bond acceptors (Lipinski definition) is 4. The minimum absolute atomic E-state index is 0.0307. The third-order valence-electron chi connectivity index (χ3n) is 4.19. The van der Waals surface area contributed by atoms with Gasteiger partial charge in [0.2, 0.25) is 5.91 Å². The van der Waals surface area contributed by atoms with E-state index in [1.165, 1.54) is 19.3 Å². The highest BCUT2D eigenvalue weighted by molar-refractivity contribution is 5.82. The number of aliphatic hydroxyl groups excluding tert-OH is 1. The molecular formula is C14H26N2O3. The summed E-state index contributed by atoms with van der Waals surface area (Å²) in [4.78, 5) is 11.8. The first kappa shape index (κ1) is 14.8. The molecule has 0 spiro atoms. The van der Waals surface area contributed by atoms with E-state index in [9.17, 15) is 9.90 Å². The van der Waals surface area contributed by atoms with Gasteiger partial charge in [-0.2, -0.15) is 0 Å². The van der Waals surface area contributed by atoms with Gasteiger partial charge in [-0.3, -0.25) is 4.79 Å². The molecule has 5 nitrogen and oxygen atoms in total. The lowest BCUT2D eigenvalue weighted by molar-refractivity contribution is -0.123. The van der Waals surface area contributed by atoms with Gasteiger partial charge in [-0.25, -0.2) is 0 Å². The number of nitrogens with one attached hydrogen (secondary N) is 2. The van der Waals surface area contributed by atoms with Gasteiger partial charge in [0, 0.05) is 13.1 Å². The zero-order chi connectivity index (χ0) is 13.7. The molecule has 0 radical (unpaired) electrons. The summed E-state index contributed by atoms with van der Waals surface area (Å²) in [6.07, 6.45) is 5.43. The van der Waals surface area contributed by atoms with Crippen LogP contribution in [0.5, 0.6) is 0 Å². The van der Waals surface area contributed by atoms with Crippen molar-refractivity contribution in [3.05, 3.63) is 0 Å². The van der Waals surface area contributed by atoms with E-state index in [2.05, 4.69) is 17.6 Å². The summed E-state index contributed by atoms with van der Waals surface area (Å²) in [5.41, 5.74) is 0. The van der Waals surface area contributed by atoms with Crippen LogP contribution in [0.15, 0.2) is 0 Å². The van der Waals surface area contributed by atoms with Gasteiger partial charge in [0.1, 0.15) is 0 Å². The number of ether oxygens (including phenoxy) is 1. The lowest BCUT2D eigenvalue weighted by Gasteiger charge is -2.28. The highest BCUT2D eigenvalue weighted by Crippen LogP contribution is 2.25. The van der Waals surface area contributed by atoms with Gasteiger partial charge in [0.05, 0.1) is 24.9 Å². The van der Waals surface area contributed by atoms with Crippen molar-refractivity contribution in [2.24, 2.45) is 5.92 Å². The topological polar surface area (TPSA) is 70.6 Å². The Morgan fingerprint density at radius 1 is 1.42 bits per heavy atom. The summed E-state index contributed by atoms with van der Waals surface area (Å²) >= 11 is 0. The van der Waals surface area contributed by atoms with E-state index in [0.717, 1.165) is 6.42 Å². The van der Waals surface area contributed by atoms with Gasteiger partial charge in [0.25, 0.3) is 0 Å².